The monoisotopic (exact) mass is 366 g/mol. The molecule has 3 rings (SSSR count). The normalized spacial score (nSPS) is 10.6. The van der Waals surface area contributed by atoms with E-state index in [1.54, 1.807) is 4.68 Å². The molecule has 0 saturated heterocycles. The molecule has 0 bridgehead atoms. The number of aromatic nitrogens is 2. The van der Waals surface area contributed by atoms with Crippen LogP contribution in [0.4, 0.5) is 11.4 Å². The van der Waals surface area contributed by atoms with Gasteiger partial charge in [-0.1, -0.05) is 37.3 Å². The summed E-state index contributed by atoms with van der Waals surface area (Å²) < 4.78 is 3.44. The van der Waals surface area contributed by atoms with Crippen molar-refractivity contribution in [2.45, 2.75) is 20.3 Å². The van der Waals surface area contributed by atoms with E-state index in [0.717, 1.165) is 23.5 Å². The number of rotatable bonds is 4. The minimum absolute atomic E-state index is 0.136. The number of benzene rings is 2. The first-order valence-electron chi connectivity index (χ1n) is 8.52. The molecule has 0 aliphatic rings. The molecular formula is C20H22N4OS. The number of nitrogens with one attached hydrogen (secondary N) is 2. The Morgan fingerprint density at radius 3 is 2.50 bits per heavy atom. The number of nitrogens with zero attached hydrogens (tertiary/aromatic N) is 2. The van der Waals surface area contributed by atoms with Gasteiger partial charge in [0.05, 0.1) is 11.4 Å². The van der Waals surface area contributed by atoms with Crippen LogP contribution in [0.3, 0.4) is 0 Å². The van der Waals surface area contributed by atoms with E-state index >= 15 is 0 Å². The number of para-hydroxylation sites is 1. The second kappa shape index (κ2) is 7.58. The van der Waals surface area contributed by atoms with Crippen LogP contribution in [-0.2, 0) is 13.5 Å². The Bertz CT molecular complexity index is 989. The third-order valence-corrected chi connectivity index (χ3v) is 4.59. The van der Waals surface area contributed by atoms with Crippen LogP contribution in [0.5, 0.6) is 0 Å². The zero-order chi connectivity index (χ0) is 18.7. The lowest BCUT2D eigenvalue weighted by Gasteiger charge is -2.10. The van der Waals surface area contributed by atoms with Gasteiger partial charge in [0.1, 0.15) is 5.69 Å². The molecular weight excluding hydrogens is 344 g/mol. The van der Waals surface area contributed by atoms with Crippen molar-refractivity contribution < 1.29 is 0 Å². The average molecular weight is 366 g/mol. The molecule has 3 aromatic rings. The summed E-state index contributed by atoms with van der Waals surface area (Å²) >= 11 is 5.41. The van der Waals surface area contributed by atoms with E-state index in [1.165, 1.54) is 5.56 Å². The van der Waals surface area contributed by atoms with Crippen molar-refractivity contribution in [1.29, 1.82) is 0 Å². The average Bonchev–Trinajstić information content (AvgIpc) is 2.86. The Labute approximate surface area is 158 Å². The molecule has 0 atom stereocenters. The summed E-state index contributed by atoms with van der Waals surface area (Å²) in [6, 6.07) is 17.6. The van der Waals surface area contributed by atoms with Crippen LogP contribution in [0.15, 0.2) is 59.4 Å². The lowest BCUT2D eigenvalue weighted by molar-refractivity contribution is 0.630. The second-order valence-electron chi connectivity index (χ2n) is 6.07. The fraction of sp³-hybridized carbons (Fsp3) is 0.200. The summed E-state index contributed by atoms with van der Waals surface area (Å²) in [5, 5.41) is 6.61. The summed E-state index contributed by atoms with van der Waals surface area (Å²) in [4.78, 5) is 12.9. The maximum absolute atomic E-state index is 12.9. The number of hydrogen-bond acceptors (Lipinski definition) is 2. The number of anilines is 2. The molecule has 0 fully saturated rings. The van der Waals surface area contributed by atoms with Gasteiger partial charge in [0, 0.05) is 12.7 Å². The van der Waals surface area contributed by atoms with Crippen LogP contribution < -0.4 is 16.2 Å². The number of hydrogen-bond donors (Lipinski definition) is 2. The Morgan fingerprint density at radius 2 is 1.81 bits per heavy atom. The molecule has 0 aliphatic carbocycles. The third kappa shape index (κ3) is 3.55. The predicted octanol–water partition coefficient (Wildman–Crippen LogP) is 3.86. The molecule has 0 unspecified atom stereocenters. The highest BCUT2D eigenvalue weighted by molar-refractivity contribution is 7.80. The largest absolute Gasteiger partial charge is 0.332 e. The first-order chi connectivity index (χ1) is 12.5. The van der Waals surface area contributed by atoms with Gasteiger partial charge in [0.15, 0.2) is 5.11 Å². The molecule has 26 heavy (non-hydrogen) atoms. The summed E-state index contributed by atoms with van der Waals surface area (Å²) in [5.41, 5.74) is 4.08. The highest BCUT2D eigenvalue weighted by atomic mass is 32.1. The molecule has 1 aromatic heterocycles. The van der Waals surface area contributed by atoms with Crippen molar-refractivity contribution in [2.24, 2.45) is 7.05 Å². The van der Waals surface area contributed by atoms with E-state index in [1.807, 2.05) is 67.2 Å². The quantitative estimate of drug-likeness (QED) is 0.689. The summed E-state index contributed by atoms with van der Waals surface area (Å²) in [5.74, 6) is 0. The molecule has 5 nitrogen and oxygen atoms in total. The maximum Gasteiger partial charge on any atom is 0.295 e. The predicted molar refractivity (Wildman–Crippen MR) is 111 cm³/mol. The second-order valence-corrected chi connectivity index (χ2v) is 6.48. The van der Waals surface area contributed by atoms with Crippen LogP contribution in [-0.4, -0.2) is 14.5 Å². The van der Waals surface area contributed by atoms with Gasteiger partial charge in [-0.15, -0.1) is 0 Å². The molecule has 6 heteroatoms. The smallest absolute Gasteiger partial charge is 0.295 e. The molecule has 2 N–H and O–H groups in total. The maximum atomic E-state index is 12.9. The van der Waals surface area contributed by atoms with E-state index < -0.39 is 0 Å². The first kappa shape index (κ1) is 17.9. The Morgan fingerprint density at radius 1 is 1.08 bits per heavy atom. The SMILES string of the molecule is CCc1cccc(NC(=S)Nc2c(C)n(C)n(-c3ccccc3)c2=O)c1. The molecule has 0 radical (unpaired) electrons. The van der Waals surface area contributed by atoms with Crippen LogP contribution in [0.2, 0.25) is 0 Å². The van der Waals surface area contributed by atoms with E-state index in [2.05, 4.69) is 23.6 Å². The van der Waals surface area contributed by atoms with E-state index in [4.69, 9.17) is 12.2 Å². The molecule has 2 aromatic carbocycles. The van der Waals surface area contributed by atoms with E-state index in [9.17, 15) is 4.79 Å². The van der Waals surface area contributed by atoms with Crippen LogP contribution in [0.25, 0.3) is 5.69 Å². The highest BCUT2D eigenvalue weighted by Gasteiger charge is 2.16. The van der Waals surface area contributed by atoms with Crippen molar-refractivity contribution in [3.05, 3.63) is 76.2 Å². The standard InChI is InChI=1S/C20H22N4OS/c1-4-15-9-8-10-16(13-15)21-20(26)22-18-14(2)23(3)24(19(18)25)17-11-6-5-7-12-17/h5-13H,4H2,1-3H3,(H2,21,22,26). The molecule has 1 heterocycles. The number of aryl methyl sites for hydroxylation is 1. The topological polar surface area (TPSA) is 51.0 Å². The Balaban J connectivity index is 1.86. The first-order valence-corrected chi connectivity index (χ1v) is 8.93. The van der Waals surface area contributed by atoms with Gasteiger partial charge in [-0.25, -0.2) is 4.68 Å². The third-order valence-electron chi connectivity index (χ3n) is 4.39. The van der Waals surface area contributed by atoms with Crippen molar-refractivity contribution in [1.82, 2.24) is 9.36 Å². The van der Waals surface area contributed by atoms with Gasteiger partial charge in [-0.05, 0) is 55.4 Å². The lowest BCUT2D eigenvalue weighted by Crippen LogP contribution is -2.25. The fourth-order valence-electron chi connectivity index (χ4n) is 2.86. The van der Waals surface area contributed by atoms with Gasteiger partial charge in [0.25, 0.3) is 5.56 Å². The molecule has 0 aliphatic heterocycles. The molecule has 0 saturated carbocycles. The van der Waals surface area contributed by atoms with Gasteiger partial charge in [-0.3, -0.25) is 9.48 Å². The van der Waals surface area contributed by atoms with Crippen LogP contribution in [0, 0.1) is 6.92 Å². The van der Waals surface area contributed by atoms with Crippen molar-refractivity contribution in [3.8, 4) is 5.69 Å². The molecule has 0 amide bonds. The van der Waals surface area contributed by atoms with Gasteiger partial charge < -0.3 is 10.6 Å². The van der Waals surface area contributed by atoms with Gasteiger partial charge >= 0.3 is 0 Å². The molecule has 134 valence electrons. The number of thiocarbonyl (C=S) groups is 1. The molecule has 0 spiro atoms. The van der Waals surface area contributed by atoms with Crippen LogP contribution >= 0.6 is 12.2 Å². The zero-order valence-corrected chi connectivity index (χ0v) is 15.9. The van der Waals surface area contributed by atoms with Crippen molar-refractivity contribution >= 4 is 28.7 Å². The summed E-state index contributed by atoms with van der Waals surface area (Å²) in [6.07, 6.45) is 0.954. The Hall–Kier alpha value is -2.86. The van der Waals surface area contributed by atoms with Crippen LogP contribution in [0.1, 0.15) is 18.2 Å². The summed E-state index contributed by atoms with van der Waals surface area (Å²) in [7, 11) is 1.86. The minimum atomic E-state index is -0.136. The van der Waals surface area contributed by atoms with E-state index in [0.29, 0.717) is 10.8 Å². The zero-order valence-electron chi connectivity index (χ0n) is 15.1. The van der Waals surface area contributed by atoms with Gasteiger partial charge in [-0.2, -0.15) is 0 Å². The van der Waals surface area contributed by atoms with E-state index in [-0.39, 0.29) is 5.56 Å². The highest BCUT2D eigenvalue weighted by Crippen LogP contribution is 2.15. The minimum Gasteiger partial charge on any atom is -0.332 e. The summed E-state index contributed by atoms with van der Waals surface area (Å²) in [6.45, 7) is 4.00. The van der Waals surface area contributed by atoms with Crippen molar-refractivity contribution in [2.75, 3.05) is 10.6 Å². The van der Waals surface area contributed by atoms with Crippen molar-refractivity contribution in [3.63, 3.8) is 0 Å². The Kier molecular flexibility index (Phi) is 5.23. The fourth-order valence-corrected chi connectivity index (χ4v) is 3.08. The lowest BCUT2D eigenvalue weighted by atomic mass is 10.1. The van der Waals surface area contributed by atoms with Gasteiger partial charge in [0.2, 0.25) is 0 Å².